The van der Waals surface area contributed by atoms with Crippen LogP contribution >= 0.6 is 11.3 Å². The summed E-state index contributed by atoms with van der Waals surface area (Å²) in [6.45, 7) is 1.56. The van der Waals surface area contributed by atoms with Crippen molar-refractivity contribution in [2.24, 2.45) is 0 Å². The standard InChI is InChI=1S/C13H14N6OS/c20-7-19-2-1-8-12(15-5-16-13(8)19)18-10-4-14-3-9-11(10)21-6-17-9/h1-2,5-6,10,14,20H,3-4,7H2,(H,15,16,18)/t10-/m1/s1. The monoisotopic (exact) mass is 302 g/mol. The molecule has 0 fully saturated rings. The third kappa shape index (κ3) is 2.08. The quantitative estimate of drug-likeness (QED) is 0.671. The van der Waals surface area contributed by atoms with Gasteiger partial charge in [-0.15, -0.1) is 11.3 Å². The van der Waals surface area contributed by atoms with E-state index in [1.165, 1.54) is 11.2 Å². The predicted molar refractivity (Wildman–Crippen MR) is 79.9 cm³/mol. The molecule has 0 spiro atoms. The number of aliphatic hydroxyl groups excluding tert-OH is 1. The summed E-state index contributed by atoms with van der Waals surface area (Å²) in [5, 5.41) is 17.0. The molecule has 8 heteroatoms. The van der Waals surface area contributed by atoms with Crippen LogP contribution in [0.15, 0.2) is 24.1 Å². The van der Waals surface area contributed by atoms with Crippen LogP contribution in [-0.2, 0) is 13.3 Å². The number of aromatic nitrogens is 4. The fourth-order valence-electron chi connectivity index (χ4n) is 2.64. The van der Waals surface area contributed by atoms with Gasteiger partial charge >= 0.3 is 0 Å². The van der Waals surface area contributed by atoms with Gasteiger partial charge in [0.2, 0.25) is 0 Å². The molecule has 7 nitrogen and oxygen atoms in total. The maximum atomic E-state index is 9.30. The Morgan fingerprint density at radius 1 is 1.43 bits per heavy atom. The van der Waals surface area contributed by atoms with Gasteiger partial charge in [0, 0.05) is 19.3 Å². The Kier molecular flexibility index (Phi) is 3.06. The van der Waals surface area contributed by atoms with Crippen LogP contribution < -0.4 is 10.6 Å². The molecule has 21 heavy (non-hydrogen) atoms. The van der Waals surface area contributed by atoms with Gasteiger partial charge in [0.15, 0.2) is 0 Å². The van der Waals surface area contributed by atoms with E-state index in [9.17, 15) is 5.11 Å². The van der Waals surface area contributed by atoms with E-state index in [-0.39, 0.29) is 12.8 Å². The maximum Gasteiger partial charge on any atom is 0.147 e. The van der Waals surface area contributed by atoms with Gasteiger partial charge in [-0.1, -0.05) is 0 Å². The number of nitrogens with one attached hydrogen (secondary N) is 2. The minimum Gasteiger partial charge on any atom is -0.376 e. The van der Waals surface area contributed by atoms with Gasteiger partial charge in [0.1, 0.15) is 24.5 Å². The molecule has 3 aromatic rings. The lowest BCUT2D eigenvalue weighted by atomic mass is 10.1. The molecule has 0 saturated carbocycles. The summed E-state index contributed by atoms with van der Waals surface area (Å²) in [6, 6.07) is 2.06. The zero-order valence-corrected chi connectivity index (χ0v) is 12.0. The van der Waals surface area contributed by atoms with Gasteiger partial charge in [0.25, 0.3) is 0 Å². The molecular formula is C13H14N6OS. The van der Waals surface area contributed by atoms with E-state index >= 15 is 0 Å². The highest BCUT2D eigenvalue weighted by Crippen LogP contribution is 2.30. The third-order valence-electron chi connectivity index (χ3n) is 3.65. The zero-order chi connectivity index (χ0) is 14.2. The summed E-state index contributed by atoms with van der Waals surface area (Å²) in [6.07, 6.45) is 3.32. The summed E-state index contributed by atoms with van der Waals surface area (Å²) in [5.74, 6) is 0.778. The fourth-order valence-corrected chi connectivity index (χ4v) is 3.50. The van der Waals surface area contributed by atoms with Gasteiger partial charge in [0.05, 0.1) is 27.5 Å². The molecule has 3 aromatic heterocycles. The van der Waals surface area contributed by atoms with E-state index in [4.69, 9.17) is 0 Å². The number of aliphatic hydroxyl groups is 1. The lowest BCUT2D eigenvalue weighted by Crippen LogP contribution is -2.31. The summed E-state index contributed by atoms with van der Waals surface area (Å²) < 4.78 is 1.68. The SMILES string of the molecule is OCn1ccc2c(N[C@@H]3CNCc4ncsc43)ncnc21. The highest BCUT2D eigenvalue weighted by Gasteiger charge is 2.23. The van der Waals surface area contributed by atoms with E-state index in [2.05, 4.69) is 25.6 Å². The summed E-state index contributed by atoms with van der Waals surface area (Å²) in [4.78, 5) is 14.2. The number of rotatable bonds is 3. The second kappa shape index (κ2) is 5.06. The molecule has 0 aromatic carbocycles. The van der Waals surface area contributed by atoms with Crippen LogP contribution in [0.3, 0.4) is 0 Å². The Bertz CT molecular complexity index is 782. The van der Waals surface area contributed by atoms with Crippen molar-refractivity contribution in [1.82, 2.24) is 24.8 Å². The average molecular weight is 302 g/mol. The number of anilines is 1. The van der Waals surface area contributed by atoms with Crippen molar-refractivity contribution in [2.75, 3.05) is 11.9 Å². The second-order valence-corrected chi connectivity index (χ2v) is 5.76. The first-order valence-electron chi connectivity index (χ1n) is 6.67. The van der Waals surface area contributed by atoms with Gasteiger partial charge < -0.3 is 20.3 Å². The Balaban J connectivity index is 1.71. The molecule has 0 bridgehead atoms. The van der Waals surface area contributed by atoms with Gasteiger partial charge in [-0.2, -0.15) is 0 Å². The number of fused-ring (bicyclic) bond motifs is 2. The molecule has 0 saturated heterocycles. The maximum absolute atomic E-state index is 9.30. The number of nitrogens with zero attached hydrogens (tertiary/aromatic N) is 4. The van der Waals surface area contributed by atoms with E-state index in [1.54, 1.807) is 15.9 Å². The van der Waals surface area contributed by atoms with Crippen LogP contribution in [0, 0.1) is 0 Å². The number of hydrogen-bond acceptors (Lipinski definition) is 7. The molecule has 0 radical (unpaired) electrons. The molecule has 1 aliphatic rings. The Morgan fingerprint density at radius 3 is 3.29 bits per heavy atom. The molecule has 1 aliphatic heterocycles. The predicted octanol–water partition coefficient (Wildman–Crippen LogP) is 1.09. The van der Waals surface area contributed by atoms with Crippen molar-refractivity contribution in [3.8, 4) is 0 Å². The Morgan fingerprint density at radius 2 is 2.38 bits per heavy atom. The topological polar surface area (TPSA) is 87.9 Å². The second-order valence-electron chi connectivity index (χ2n) is 4.88. The van der Waals surface area contributed by atoms with Crippen molar-refractivity contribution < 1.29 is 5.11 Å². The van der Waals surface area contributed by atoms with Crippen LogP contribution in [0.1, 0.15) is 16.6 Å². The van der Waals surface area contributed by atoms with E-state index < -0.39 is 0 Å². The van der Waals surface area contributed by atoms with Crippen LogP contribution in [-0.4, -0.2) is 31.2 Å². The van der Waals surface area contributed by atoms with Crippen molar-refractivity contribution in [2.45, 2.75) is 19.3 Å². The first-order valence-corrected chi connectivity index (χ1v) is 7.55. The van der Waals surface area contributed by atoms with E-state index in [0.717, 1.165) is 35.6 Å². The molecule has 4 rings (SSSR count). The number of thiazole rings is 1. The van der Waals surface area contributed by atoms with Gasteiger partial charge in [-0.3, -0.25) is 0 Å². The van der Waals surface area contributed by atoms with Gasteiger partial charge in [-0.05, 0) is 6.07 Å². The number of hydrogen-bond donors (Lipinski definition) is 3. The van der Waals surface area contributed by atoms with Crippen LogP contribution in [0.4, 0.5) is 5.82 Å². The minimum atomic E-state index is -0.0933. The third-order valence-corrected chi connectivity index (χ3v) is 4.63. The highest BCUT2D eigenvalue weighted by molar-refractivity contribution is 7.09. The molecule has 0 unspecified atom stereocenters. The normalized spacial score (nSPS) is 17.9. The summed E-state index contributed by atoms with van der Waals surface area (Å²) in [7, 11) is 0. The van der Waals surface area contributed by atoms with Crippen molar-refractivity contribution in [1.29, 1.82) is 0 Å². The lowest BCUT2D eigenvalue weighted by Gasteiger charge is -2.24. The van der Waals surface area contributed by atoms with Crippen molar-refractivity contribution >= 4 is 28.2 Å². The Labute approximate surface area is 124 Å². The lowest BCUT2D eigenvalue weighted by molar-refractivity contribution is 0.215. The fraction of sp³-hybridized carbons (Fsp3) is 0.308. The van der Waals surface area contributed by atoms with Crippen LogP contribution in [0.25, 0.3) is 11.0 Å². The van der Waals surface area contributed by atoms with Crippen molar-refractivity contribution in [3.63, 3.8) is 0 Å². The molecule has 3 N–H and O–H groups in total. The average Bonchev–Trinajstić information content (AvgIpc) is 3.14. The van der Waals surface area contributed by atoms with Gasteiger partial charge in [-0.25, -0.2) is 15.0 Å². The molecule has 0 aliphatic carbocycles. The molecule has 0 amide bonds. The first-order chi connectivity index (χ1) is 10.4. The van der Waals surface area contributed by atoms with Crippen LogP contribution in [0.2, 0.25) is 0 Å². The largest absolute Gasteiger partial charge is 0.376 e. The summed E-state index contributed by atoms with van der Waals surface area (Å²) >= 11 is 1.67. The zero-order valence-electron chi connectivity index (χ0n) is 11.2. The van der Waals surface area contributed by atoms with E-state index in [1.807, 2.05) is 17.8 Å². The highest BCUT2D eigenvalue weighted by atomic mass is 32.1. The molecule has 1 atom stereocenters. The Hall–Kier alpha value is -2.03. The summed E-state index contributed by atoms with van der Waals surface area (Å²) in [5.41, 5.74) is 3.70. The minimum absolute atomic E-state index is 0.0933. The molecule has 4 heterocycles. The van der Waals surface area contributed by atoms with E-state index in [0.29, 0.717) is 0 Å². The smallest absolute Gasteiger partial charge is 0.147 e. The molecule has 108 valence electrons. The van der Waals surface area contributed by atoms with Crippen molar-refractivity contribution in [3.05, 3.63) is 34.7 Å². The first kappa shape index (κ1) is 12.7. The van der Waals surface area contributed by atoms with Crippen LogP contribution in [0.5, 0.6) is 0 Å². The molecular weight excluding hydrogens is 288 g/mol.